The van der Waals surface area contributed by atoms with E-state index in [0.29, 0.717) is 11.0 Å². The van der Waals surface area contributed by atoms with Crippen LogP contribution in [-0.4, -0.2) is 24.9 Å². The highest BCUT2D eigenvalue weighted by Gasteiger charge is 2.19. The fourth-order valence-electron chi connectivity index (χ4n) is 1.34. The first-order valence-electron chi connectivity index (χ1n) is 4.64. The molecule has 0 fully saturated rings. The molecule has 0 saturated carbocycles. The molecule has 5 nitrogen and oxygen atoms in total. The number of rotatable bonds is 4. The molecule has 0 aromatic heterocycles. The van der Waals surface area contributed by atoms with Crippen LogP contribution in [0, 0.1) is 6.92 Å². The number of carbonyl (C=O) groups excluding carboxylic acids is 1. The standard InChI is InChI=1S/C10H11F2NO4/c1-5-3-7(13-15)8(17-10(11)12)4-6(5)9(14)16-2/h3-4,10,13,15H,1-2H3/p+1. The van der Waals surface area contributed by atoms with Gasteiger partial charge in [0, 0.05) is 12.1 Å². The summed E-state index contributed by atoms with van der Waals surface area (Å²) in [6.07, 6.45) is 0. The van der Waals surface area contributed by atoms with E-state index < -0.39 is 12.6 Å². The molecule has 1 rings (SSSR count). The van der Waals surface area contributed by atoms with Gasteiger partial charge in [-0.3, -0.25) is 0 Å². The largest absolute Gasteiger partial charge is 0.465 e. The Morgan fingerprint density at radius 3 is 2.59 bits per heavy atom. The molecule has 17 heavy (non-hydrogen) atoms. The first kappa shape index (κ1) is 13.3. The lowest BCUT2D eigenvalue weighted by Gasteiger charge is -2.10. The van der Waals surface area contributed by atoms with Gasteiger partial charge in [0.15, 0.2) is 5.75 Å². The van der Waals surface area contributed by atoms with Crippen LogP contribution in [0.5, 0.6) is 5.75 Å². The third-order valence-electron chi connectivity index (χ3n) is 2.12. The predicted molar refractivity (Wildman–Crippen MR) is 52.5 cm³/mol. The number of benzene rings is 1. The molecule has 0 amide bonds. The summed E-state index contributed by atoms with van der Waals surface area (Å²) in [6, 6.07) is 2.46. The van der Waals surface area contributed by atoms with E-state index in [2.05, 4.69) is 9.47 Å². The fraction of sp³-hybridized carbons (Fsp3) is 0.300. The molecule has 0 saturated heterocycles. The number of halogens is 2. The molecule has 0 radical (unpaired) electrons. The average Bonchev–Trinajstić information content (AvgIpc) is 2.29. The molecule has 0 unspecified atom stereocenters. The maximum absolute atomic E-state index is 12.1. The Kier molecular flexibility index (Phi) is 4.36. The highest BCUT2D eigenvalue weighted by molar-refractivity contribution is 5.92. The molecule has 1 aromatic rings. The van der Waals surface area contributed by atoms with Crippen LogP contribution in [0.3, 0.4) is 0 Å². The number of quaternary nitrogens is 1. The molecule has 0 aliphatic carbocycles. The Balaban J connectivity index is 3.22. The van der Waals surface area contributed by atoms with Crippen molar-refractivity contribution in [2.45, 2.75) is 13.5 Å². The van der Waals surface area contributed by atoms with Crippen molar-refractivity contribution in [2.75, 3.05) is 7.11 Å². The highest BCUT2D eigenvalue weighted by atomic mass is 19.3. The average molecular weight is 248 g/mol. The second-order valence-electron chi connectivity index (χ2n) is 3.20. The summed E-state index contributed by atoms with van der Waals surface area (Å²) in [5.41, 5.74) is 1.29. The summed E-state index contributed by atoms with van der Waals surface area (Å²) in [6.45, 7) is -1.45. The van der Waals surface area contributed by atoms with Gasteiger partial charge in [0.2, 0.25) is 5.69 Å². The van der Waals surface area contributed by atoms with Crippen molar-refractivity contribution in [2.24, 2.45) is 0 Å². The van der Waals surface area contributed by atoms with E-state index in [1.165, 1.54) is 13.2 Å². The van der Waals surface area contributed by atoms with E-state index in [9.17, 15) is 13.6 Å². The lowest BCUT2D eigenvalue weighted by molar-refractivity contribution is -0.826. The first-order valence-corrected chi connectivity index (χ1v) is 4.64. The van der Waals surface area contributed by atoms with Crippen molar-refractivity contribution in [1.82, 2.24) is 0 Å². The van der Waals surface area contributed by atoms with Crippen LogP contribution in [0.2, 0.25) is 0 Å². The number of hydrogen-bond acceptors (Lipinski definition) is 4. The van der Waals surface area contributed by atoms with Gasteiger partial charge in [-0.05, 0) is 12.5 Å². The number of esters is 1. The zero-order valence-corrected chi connectivity index (χ0v) is 9.24. The number of ether oxygens (including phenoxy) is 2. The second kappa shape index (κ2) is 5.55. The topological polar surface area (TPSA) is 72.4 Å². The van der Waals surface area contributed by atoms with Crippen molar-refractivity contribution in [1.29, 1.82) is 0 Å². The molecule has 0 aliphatic rings. The number of nitrogens with two attached hydrogens (primary N) is 1. The van der Waals surface area contributed by atoms with Crippen molar-refractivity contribution in [3.05, 3.63) is 23.3 Å². The van der Waals surface area contributed by atoms with Gasteiger partial charge in [0.05, 0.1) is 12.7 Å². The van der Waals surface area contributed by atoms with E-state index in [-0.39, 0.29) is 17.0 Å². The Bertz CT molecular complexity index is 423. The van der Waals surface area contributed by atoms with Crippen LogP contribution < -0.4 is 10.2 Å². The minimum Gasteiger partial charge on any atom is -0.465 e. The number of aryl methyl sites for hydroxylation is 1. The van der Waals surface area contributed by atoms with Gasteiger partial charge in [-0.2, -0.15) is 14.3 Å². The van der Waals surface area contributed by atoms with Crippen molar-refractivity contribution in [3.8, 4) is 5.75 Å². The third-order valence-corrected chi connectivity index (χ3v) is 2.12. The van der Waals surface area contributed by atoms with Gasteiger partial charge < -0.3 is 9.47 Å². The van der Waals surface area contributed by atoms with Gasteiger partial charge in [0.25, 0.3) is 0 Å². The number of carbonyl (C=O) groups is 1. The number of alkyl halides is 2. The van der Waals surface area contributed by atoms with E-state index in [1.807, 2.05) is 0 Å². The third kappa shape index (κ3) is 3.11. The van der Waals surface area contributed by atoms with E-state index in [0.717, 1.165) is 6.07 Å². The van der Waals surface area contributed by atoms with Crippen LogP contribution in [0.1, 0.15) is 15.9 Å². The van der Waals surface area contributed by atoms with Crippen LogP contribution in [-0.2, 0) is 4.74 Å². The molecule has 0 bridgehead atoms. The molecule has 7 heteroatoms. The Morgan fingerprint density at radius 1 is 1.47 bits per heavy atom. The zero-order chi connectivity index (χ0) is 13.0. The van der Waals surface area contributed by atoms with Crippen LogP contribution in [0.25, 0.3) is 0 Å². The molecule has 3 N–H and O–H groups in total. The van der Waals surface area contributed by atoms with Gasteiger partial charge in [-0.25, -0.2) is 10.0 Å². The molecule has 94 valence electrons. The maximum atomic E-state index is 12.1. The summed E-state index contributed by atoms with van der Waals surface area (Å²) < 4.78 is 32.9. The van der Waals surface area contributed by atoms with Gasteiger partial charge in [-0.15, -0.1) is 0 Å². The molecule has 0 heterocycles. The van der Waals surface area contributed by atoms with Crippen LogP contribution >= 0.6 is 0 Å². The van der Waals surface area contributed by atoms with Crippen molar-refractivity contribution < 1.29 is 33.7 Å². The second-order valence-corrected chi connectivity index (χ2v) is 3.20. The Hall–Kier alpha value is -1.73. The molecular weight excluding hydrogens is 236 g/mol. The number of methoxy groups -OCH3 is 1. The quantitative estimate of drug-likeness (QED) is 0.473. The smallest absolute Gasteiger partial charge is 0.387 e. The van der Waals surface area contributed by atoms with E-state index in [1.54, 1.807) is 6.92 Å². The molecule has 0 atom stereocenters. The minimum absolute atomic E-state index is 0.0652. The van der Waals surface area contributed by atoms with Crippen molar-refractivity contribution >= 4 is 11.7 Å². The Morgan fingerprint density at radius 2 is 2.12 bits per heavy atom. The maximum Gasteiger partial charge on any atom is 0.387 e. The highest BCUT2D eigenvalue weighted by Crippen LogP contribution is 2.26. The van der Waals surface area contributed by atoms with Crippen molar-refractivity contribution in [3.63, 3.8) is 0 Å². The lowest BCUT2D eigenvalue weighted by Crippen LogP contribution is -2.73. The van der Waals surface area contributed by atoms with Gasteiger partial charge >= 0.3 is 12.6 Å². The van der Waals surface area contributed by atoms with Gasteiger partial charge in [-0.1, -0.05) is 0 Å². The molecule has 0 aliphatic heterocycles. The number of hydrogen-bond donors (Lipinski definition) is 2. The SMILES string of the molecule is COC(=O)c1cc(OC(F)F)c([NH2+]O)cc1C. The van der Waals surface area contributed by atoms with Crippen LogP contribution in [0.4, 0.5) is 14.5 Å². The lowest BCUT2D eigenvalue weighted by atomic mass is 10.1. The normalized spacial score (nSPS) is 10.5. The Labute approximate surface area is 95.9 Å². The monoisotopic (exact) mass is 248 g/mol. The van der Waals surface area contributed by atoms with E-state index >= 15 is 0 Å². The predicted octanol–water partition coefficient (Wildman–Crippen LogP) is 0.967. The molecule has 1 aromatic carbocycles. The van der Waals surface area contributed by atoms with Crippen LogP contribution in [0.15, 0.2) is 12.1 Å². The summed E-state index contributed by atoms with van der Waals surface area (Å²) in [7, 11) is 1.18. The summed E-state index contributed by atoms with van der Waals surface area (Å²) in [5, 5.41) is 8.88. The summed E-state index contributed by atoms with van der Waals surface area (Å²) in [5.74, 6) is -0.945. The summed E-state index contributed by atoms with van der Waals surface area (Å²) in [4.78, 5) is 11.3. The summed E-state index contributed by atoms with van der Waals surface area (Å²) >= 11 is 0. The fourth-order valence-corrected chi connectivity index (χ4v) is 1.34. The zero-order valence-electron chi connectivity index (χ0n) is 9.24. The molecule has 0 spiro atoms. The van der Waals surface area contributed by atoms with Gasteiger partial charge in [0.1, 0.15) is 0 Å². The molecular formula is C10H12F2NO4+. The minimum atomic E-state index is -3.04. The van der Waals surface area contributed by atoms with E-state index in [4.69, 9.17) is 5.21 Å². The first-order chi connectivity index (χ1) is 7.99.